The van der Waals surface area contributed by atoms with Crippen LogP contribution in [-0.2, 0) is 9.53 Å². The lowest BCUT2D eigenvalue weighted by molar-refractivity contribution is -0.139. The van der Waals surface area contributed by atoms with E-state index in [0.29, 0.717) is 25.2 Å². The molecule has 0 amide bonds. The largest absolute Gasteiger partial charge is 0.493 e. The second kappa shape index (κ2) is 7.18. The van der Waals surface area contributed by atoms with Crippen molar-refractivity contribution in [3.63, 3.8) is 0 Å². The maximum atomic E-state index is 11.3. The van der Waals surface area contributed by atoms with Gasteiger partial charge in [-0.1, -0.05) is 43.0 Å². The Morgan fingerprint density at radius 1 is 0.958 bits per heavy atom. The number of ether oxygens (including phenoxy) is 2. The third-order valence-corrected chi connectivity index (χ3v) is 3.83. The molecule has 0 bridgehead atoms. The predicted molar refractivity (Wildman–Crippen MR) is 97.3 cm³/mol. The minimum atomic E-state index is -0.355. The molecule has 0 N–H and O–H groups in total. The Bertz CT molecular complexity index is 896. The van der Waals surface area contributed by atoms with Crippen LogP contribution in [0.1, 0.15) is 13.3 Å². The van der Waals surface area contributed by atoms with Gasteiger partial charge in [0.15, 0.2) is 0 Å². The number of rotatable bonds is 6. The number of hydrogen-bond acceptors (Lipinski definition) is 3. The van der Waals surface area contributed by atoms with E-state index in [1.807, 2.05) is 24.3 Å². The van der Waals surface area contributed by atoms with Crippen LogP contribution in [0.5, 0.6) is 5.75 Å². The number of fused-ring (bicyclic) bond motifs is 2. The highest BCUT2D eigenvalue weighted by atomic mass is 16.5. The molecule has 0 radical (unpaired) electrons. The van der Waals surface area contributed by atoms with Gasteiger partial charge < -0.3 is 9.47 Å². The van der Waals surface area contributed by atoms with E-state index in [1.165, 1.54) is 10.8 Å². The van der Waals surface area contributed by atoms with Crippen molar-refractivity contribution >= 4 is 27.5 Å². The molecule has 122 valence electrons. The third kappa shape index (κ3) is 3.57. The Labute approximate surface area is 141 Å². The number of esters is 1. The zero-order chi connectivity index (χ0) is 16.9. The molecule has 0 aliphatic rings. The van der Waals surface area contributed by atoms with Gasteiger partial charge in [-0.3, -0.25) is 0 Å². The van der Waals surface area contributed by atoms with Crippen molar-refractivity contribution in [2.75, 3.05) is 13.2 Å². The molecular formula is C21H20O3. The molecule has 3 aromatic rings. The maximum Gasteiger partial charge on any atom is 0.333 e. The molecule has 0 saturated heterocycles. The normalized spacial score (nSPS) is 10.7. The predicted octanol–water partition coefficient (Wildman–Crippen LogP) is 4.88. The maximum absolute atomic E-state index is 11.3. The third-order valence-electron chi connectivity index (χ3n) is 3.83. The van der Waals surface area contributed by atoms with Gasteiger partial charge >= 0.3 is 5.97 Å². The first kappa shape index (κ1) is 16.1. The molecule has 0 heterocycles. The van der Waals surface area contributed by atoms with Crippen molar-refractivity contribution in [2.45, 2.75) is 13.3 Å². The molecule has 0 unspecified atom stereocenters. The zero-order valence-electron chi connectivity index (χ0n) is 13.7. The van der Waals surface area contributed by atoms with E-state index in [-0.39, 0.29) is 5.97 Å². The Morgan fingerprint density at radius 2 is 1.67 bits per heavy atom. The summed E-state index contributed by atoms with van der Waals surface area (Å²) in [6.45, 7) is 6.02. The molecular weight excluding hydrogens is 300 g/mol. The summed E-state index contributed by atoms with van der Waals surface area (Å²) in [6.07, 6.45) is 0.642. The summed E-state index contributed by atoms with van der Waals surface area (Å²) < 4.78 is 11.0. The SMILES string of the molecule is C=C(C)C(=O)OCCCOc1cccc2cc3ccccc3cc12. The smallest absolute Gasteiger partial charge is 0.333 e. The van der Waals surface area contributed by atoms with Gasteiger partial charge in [-0.2, -0.15) is 0 Å². The Kier molecular flexibility index (Phi) is 4.80. The fourth-order valence-electron chi connectivity index (χ4n) is 2.59. The summed E-state index contributed by atoms with van der Waals surface area (Å²) >= 11 is 0. The molecule has 3 aromatic carbocycles. The van der Waals surface area contributed by atoms with E-state index in [1.54, 1.807) is 6.92 Å². The standard InChI is InChI=1S/C21H20O3/c1-15(2)21(22)24-12-6-11-23-20-10-5-9-18-13-16-7-3-4-8-17(16)14-19(18)20/h3-5,7-10,13-14H,1,6,11-12H2,2H3. The first-order valence-corrected chi connectivity index (χ1v) is 8.02. The van der Waals surface area contributed by atoms with Crippen LogP contribution in [0.3, 0.4) is 0 Å². The van der Waals surface area contributed by atoms with Gasteiger partial charge in [-0.05, 0) is 41.3 Å². The number of hydrogen-bond donors (Lipinski definition) is 0. The summed E-state index contributed by atoms with van der Waals surface area (Å²) in [6, 6.07) is 18.7. The monoisotopic (exact) mass is 320 g/mol. The summed E-state index contributed by atoms with van der Waals surface area (Å²) in [5.74, 6) is 0.496. The van der Waals surface area contributed by atoms with Crippen molar-refractivity contribution in [3.05, 3.63) is 66.7 Å². The summed E-state index contributed by atoms with van der Waals surface area (Å²) in [5.41, 5.74) is 0.414. The Morgan fingerprint density at radius 3 is 2.42 bits per heavy atom. The van der Waals surface area contributed by atoms with Gasteiger partial charge in [-0.25, -0.2) is 4.79 Å². The zero-order valence-corrected chi connectivity index (χ0v) is 13.7. The molecule has 24 heavy (non-hydrogen) atoms. The number of carbonyl (C=O) groups excluding carboxylic acids is 1. The molecule has 0 fully saturated rings. The molecule has 0 aliphatic heterocycles. The van der Waals surface area contributed by atoms with Crippen molar-refractivity contribution in [2.24, 2.45) is 0 Å². The second-order valence-corrected chi connectivity index (χ2v) is 5.79. The second-order valence-electron chi connectivity index (χ2n) is 5.79. The molecule has 0 saturated carbocycles. The molecule has 0 atom stereocenters. The van der Waals surface area contributed by atoms with Gasteiger partial charge in [0.2, 0.25) is 0 Å². The van der Waals surface area contributed by atoms with Crippen LogP contribution in [0.4, 0.5) is 0 Å². The van der Waals surface area contributed by atoms with Crippen LogP contribution >= 0.6 is 0 Å². The first-order chi connectivity index (χ1) is 11.6. The summed E-state index contributed by atoms with van der Waals surface area (Å²) in [5, 5.41) is 4.65. The van der Waals surface area contributed by atoms with Crippen LogP contribution in [0.15, 0.2) is 66.7 Å². The highest BCUT2D eigenvalue weighted by Crippen LogP contribution is 2.30. The lowest BCUT2D eigenvalue weighted by Gasteiger charge is -2.11. The molecule has 3 heteroatoms. The molecule has 3 rings (SSSR count). The Hall–Kier alpha value is -2.81. The van der Waals surface area contributed by atoms with Crippen LogP contribution in [0.25, 0.3) is 21.5 Å². The average Bonchev–Trinajstić information content (AvgIpc) is 2.59. The Balaban J connectivity index is 1.69. The average molecular weight is 320 g/mol. The number of benzene rings is 3. The van der Waals surface area contributed by atoms with Gasteiger partial charge in [0, 0.05) is 17.4 Å². The van der Waals surface area contributed by atoms with E-state index < -0.39 is 0 Å². The van der Waals surface area contributed by atoms with Crippen molar-refractivity contribution in [1.29, 1.82) is 0 Å². The van der Waals surface area contributed by atoms with Gasteiger partial charge in [0.1, 0.15) is 5.75 Å². The van der Waals surface area contributed by atoms with E-state index >= 15 is 0 Å². The lowest BCUT2D eigenvalue weighted by Crippen LogP contribution is -2.09. The van der Waals surface area contributed by atoms with Gasteiger partial charge in [0.25, 0.3) is 0 Å². The van der Waals surface area contributed by atoms with Crippen LogP contribution < -0.4 is 4.74 Å². The van der Waals surface area contributed by atoms with Crippen molar-refractivity contribution in [3.8, 4) is 5.75 Å². The number of carbonyl (C=O) groups is 1. The topological polar surface area (TPSA) is 35.5 Å². The molecule has 0 aromatic heterocycles. The van der Waals surface area contributed by atoms with E-state index in [9.17, 15) is 4.79 Å². The van der Waals surface area contributed by atoms with E-state index in [4.69, 9.17) is 9.47 Å². The van der Waals surface area contributed by atoms with Gasteiger partial charge in [-0.15, -0.1) is 0 Å². The minimum Gasteiger partial charge on any atom is -0.493 e. The first-order valence-electron chi connectivity index (χ1n) is 8.02. The molecule has 3 nitrogen and oxygen atoms in total. The van der Waals surface area contributed by atoms with Crippen LogP contribution in [-0.4, -0.2) is 19.2 Å². The van der Waals surface area contributed by atoms with Crippen LogP contribution in [0.2, 0.25) is 0 Å². The van der Waals surface area contributed by atoms with E-state index in [0.717, 1.165) is 16.5 Å². The highest BCUT2D eigenvalue weighted by molar-refractivity contribution is 6.00. The quantitative estimate of drug-likeness (QED) is 0.281. The van der Waals surface area contributed by atoms with Crippen molar-refractivity contribution < 1.29 is 14.3 Å². The highest BCUT2D eigenvalue weighted by Gasteiger charge is 2.05. The van der Waals surface area contributed by atoms with Crippen molar-refractivity contribution in [1.82, 2.24) is 0 Å². The fourth-order valence-corrected chi connectivity index (χ4v) is 2.59. The van der Waals surface area contributed by atoms with Gasteiger partial charge in [0.05, 0.1) is 13.2 Å². The minimum absolute atomic E-state index is 0.333. The fraction of sp³-hybridized carbons (Fsp3) is 0.190. The lowest BCUT2D eigenvalue weighted by atomic mass is 10.0. The molecule has 0 aliphatic carbocycles. The van der Waals surface area contributed by atoms with E-state index in [2.05, 4.69) is 36.9 Å². The summed E-state index contributed by atoms with van der Waals surface area (Å²) in [7, 11) is 0. The molecule has 0 spiro atoms. The van der Waals surface area contributed by atoms with Crippen LogP contribution in [0, 0.1) is 0 Å². The summed E-state index contributed by atoms with van der Waals surface area (Å²) in [4.78, 5) is 11.3.